The van der Waals surface area contributed by atoms with Gasteiger partial charge in [-0.05, 0) is 56.0 Å². The molecule has 1 aliphatic heterocycles. The number of nitriles is 1. The van der Waals surface area contributed by atoms with Crippen LogP contribution < -0.4 is 5.32 Å². The first-order valence-corrected chi connectivity index (χ1v) is 11.4. The summed E-state index contributed by atoms with van der Waals surface area (Å²) in [5.41, 5.74) is 4.11. The molecule has 6 rings (SSSR count). The first-order chi connectivity index (χ1) is 15.6. The second-order valence-corrected chi connectivity index (χ2v) is 9.45. The highest BCUT2D eigenvalue weighted by molar-refractivity contribution is 7.99. The highest BCUT2D eigenvalue weighted by atomic mass is 32.2. The number of nitrogens with zero attached hydrogens (tertiary/aromatic N) is 6. The second-order valence-electron chi connectivity index (χ2n) is 8.42. The van der Waals surface area contributed by atoms with Gasteiger partial charge in [-0.3, -0.25) is 4.68 Å². The molecule has 2 fully saturated rings. The van der Waals surface area contributed by atoms with E-state index < -0.39 is 5.82 Å². The Balaban J connectivity index is 1.40. The van der Waals surface area contributed by atoms with Crippen molar-refractivity contribution in [3.63, 3.8) is 0 Å². The fourth-order valence-electron chi connectivity index (χ4n) is 4.87. The Bertz CT molecular complexity index is 1380. The molecular formula is C23H20FN7S. The molecule has 4 aromatic rings. The maximum Gasteiger partial charge on any atom is 0.155 e. The molecule has 32 heavy (non-hydrogen) atoms. The lowest BCUT2D eigenvalue weighted by molar-refractivity contribution is 0.477. The van der Waals surface area contributed by atoms with E-state index in [1.165, 1.54) is 24.0 Å². The quantitative estimate of drug-likeness (QED) is 0.506. The van der Waals surface area contributed by atoms with Gasteiger partial charge in [0, 0.05) is 40.7 Å². The number of hydrogen-bond donors (Lipinski definition) is 1. The number of fused-ring (bicyclic) bond motifs is 2. The number of nitrogens with one attached hydrogen (secondary N) is 1. The summed E-state index contributed by atoms with van der Waals surface area (Å²) < 4.78 is 18.1. The molecule has 2 atom stereocenters. The molecular weight excluding hydrogens is 425 g/mol. The van der Waals surface area contributed by atoms with Gasteiger partial charge in [0.25, 0.3) is 0 Å². The largest absolute Gasteiger partial charge is 0.316 e. The summed E-state index contributed by atoms with van der Waals surface area (Å²) >= 11 is 1.20. The fraction of sp³-hybridized carbons (Fsp3) is 0.304. The van der Waals surface area contributed by atoms with E-state index in [1.807, 2.05) is 18.5 Å². The third-order valence-electron chi connectivity index (χ3n) is 6.70. The Kier molecular flexibility index (Phi) is 4.52. The van der Waals surface area contributed by atoms with E-state index >= 15 is 0 Å². The zero-order valence-electron chi connectivity index (χ0n) is 17.4. The van der Waals surface area contributed by atoms with Crippen molar-refractivity contribution in [1.82, 2.24) is 29.7 Å². The van der Waals surface area contributed by atoms with Crippen LogP contribution in [-0.2, 0) is 6.54 Å². The lowest BCUT2D eigenvalue weighted by atomic mass is 10.1. The number of aromatic nitrogens is 5. The minimum Gasteiger partial charge on any atom is -0.316 e. The maximum absolute atomic E-state index is 14.3. The molecule has 0 amide bonds. The summed E-state index contributed by atoms with van der Waals surface area (Å²) in [6.45, 7) is 5.25. The van der Waals surface area contributed by atoms with E-state index in [1.54, 1.807) is 16.8 Å². The molecule has 9 heteroatoms. The van der Waals surface area contributed by atoms with Gasteiger partial charge in [-0.15, -0.1) is 0 Å². The van der Waals surface area contributed by atoms with E-state index in [4.69, 9.17) is 0 Å². The predicted molar refractivity (Wildman–Crippen MR) is 118 cm³/mol. The van der Waals surface area contributed by atoms with Crippen molar-refractivity contribution < 1.29 is 4.39 Å². The van der Waals surface area contributed by atoms with Crippen LogP contribution in [0.1, 0.15) is 11.3 Å². The molecule has 160 valence electrons. The van der Waals surface area contributed by atoms with Gasteiger partial charge in [-0.2, -0.15) is 15.5 Å². The zero-order valence-corrected chi connectivity index (χ0v) is 18.2. The number of halogens is 1. The standard InChI is InChI=1S/C23H20FN7S/c1-13-16(10-29-30(13)12-19-17-8-26-9-18(17)19)14-5-21(32-23-20(24)3-2-4-27-23)22-15(6-25)7-28-31(22)11-14/h2-5,7,10-11,17-19,26H,8-9,12H2,1H3. The molecule has 2 aliphatic rings. The third kappa shape index (κ3) is 3.10. The predicted octanol–water partition coefficient (Wildman–Crippen LogP) is 3.53. The fourth-order valence-corrected chi connectivity index (χ4v) is 5.85. The van der Waals surface area contributed by atoms with Gasteiger partial charge in [0.1, 0.15) is 11.1 Å². The van der Waals surface area contributed by atoms with Crippen molar-refractivity contribution in [3.8, 4) is 17.2 Å². The highest BCUT2D eigenvalue weighted by Gasteiger charge is 2.52. The Labute approximate surface area is 188 Å². The van der Waals surface area contributed by atoms with Crippen LogP contribution in [0.3, 0.4) is 0 Å². The lowest BCUT2D eigenvalue weighted by Crippen LogP contribution is -2.17. The average Bonchev–Trinajstić information content (AvgIpc) is 3.22. The Hall–Kier alpha value is -3.22. The van der Waals surface area contributed by atoms with Crippen molar-refractivity contribution in [1.29, 1.82) is 5.26 Å². The number of piperidine rings is 1. The molecule has 1 saturated carbocycles. The molecule has 1 aliphatic carbocycles. The van der Waals surface area contributed by atoms with E-state index in [9.17, 15) is 9.65 Å². The van der Waals surface area contributed by atoms with Gasteiger partial charge in [0.15, 0.2) is 5.82 Å². The van der Waals surface area contributed by atoms with Crippen LogP contribution >= 0.6 is 11.8 Å². The molecule has 7 nitrogen and oxygen atoms in total. The second kappa shape index (κ2) is 7.43. The molecule has 5 heterocycles. The van der Waals surface area contributed by atoms with Gasteiger partial charge in [-0.1, -0.05) is 11.8 Å². The summed E-state index contributed by atoms with van der Waals surface area (Å²) in [5.74, 6) is 1.87. The molecule has 4 aromatic heterocycles. The van der Waals surface area contributed by atoms with Gasteiger partial charge >= 0.3 is 0 Å². The minimum absolute atomic E-state index is 0.262. The van der Waals surface area contributed by atoms with E-state index in [0.29, 0.717) is 17.0 Å². The average molecular weight is 446 g/mol. The van der Waals surface area contributed by atoms with Crippen LogP contribution in [0.25, 0.3) is 16.6 Å². The molecule has 1 saturated heterocycles. The Morgan fingerprint density at radius 1 is 1.28 bits per heavy atom. The van der Waals surface area contributed by atoms with Crippen molar-refractivity contribution in [2.45, 2.75) is 23.4 Å². The summed E-state index contributed by atoms with van der Waals surface area (Å²) in [5, 5.41) is 22.3. The summed E-state index contributed by atoms with van der Waals surface area (Å²) in [6, 6.07) is 7.10. The first kappa shape index (κ1) is 19.5. The maximum atomic E-state index is 14.3. The van der Waals surface area contributed by atoms with E-state index in [0.717, 1.165) is 53.2 Å². The SMILES string of the molecule is Cc1c(-c2cc(Sc3ncccc3F)c3c(C#N)cnn3c2)cnn1CC1C2CNCC21. The normalized spacial score (nSPS) is 21.6. The third-order valence-corrected chi connectivity index (χ3v) is 7.72. The monoisotopic (exact) mass is 445 g/mol. The zero-order chi connectivity index (χ0) is 21.8. The van der Waals surface area contributed by atoms with Crippen LogP contribution in [0.5, 0.6) is 0 Å². The number of pyridine rings is 2. The van der Waals surface area contributed by atoms with E-state index in [-0.39, 0.29) is 5.03 Å². The van der Waals surface area contributed by atoms with Crippen LogP contribution in [0.4, 0.5) is 4.39 Å². The van der Waals surface area contributed by atoms with Crippen LogP contribution in [0.2, 0.25) is 0 Å². The Morgan fingerprint density at radius 3 is 2.91 bits per heavy atom. The topological polar surface area (TPSA) is 83.8 Å². The Morgan fingerprint density at radius 2 is 2.12 bits per heavy atom. The van der Waals surface area contributed by atoms with Gasteiger partial charge in [-0.25, -0.2) is 13.9 Å². The van der Waals surface area contributed by atoms with Crippen molar-refractivity contribution >= 4 is 17.3 Å². The smallest absolute Gasteiger partial charge is 0.155 e. The first-order valence-electron chi connectivity index (χ1n) is 10.6. The van der Waals surface area contributed by atoms with Crippen molar-refractivity contribution in [2.24, 2.45) is 17.8 Å². The molecule has 2 unspecified atom stereocenters. The minimum atomic E-state index is -0.396. The molecule has 0 aromatic carbocycles. The van der Waals surface area contributed by atoms with Crippen LogP contribution in [0, 0.1) is 41.8 Å². The van der Waals surface area contributed by atoms with Crippen LogP contribution in [0.15, 0.2) is 52.9 Å². The molecule has 0 spiro atoms. The number of rotatable bonds is 5. The lowest BCUT2D eigenvalue weighted by Gasteiger charge is -2.10. The molecule has 0 radical (unpaired) electrons. The van der Waals surface area contributed by atoms with Crippen molar-refractivity contribution in [3.05, 3.63) is 60.1 Å². The van der Waals surface area contributed by atoms with Gasteiger partial charge < -0.3 is 5.32 Å². The van der Waals surface area contributed by atoms with Gasteiger partial charge in [0.2, 0.25) is 0 Å². The van der Waals surface area contributed by atoms with Gasteiger partial charge in [0.05, 0.1) is 23.5 Å². The van der Waals surface area contributed by atoms with Crippen molar-refractivity contribution in [2.75, 3.05) is 13.1 Å². The molecule has 0 bridgehead atoms. The summed E-state index contributed by atoms with van der Waals surface area (Å²) in [7, 11) is 0. The summed E-state index contributed by atoms with van der Waals surface area (Å²) in [6.07, 6.45) is 6.88. The molecule has 1 N–H and O–H groups in total. The number of hydrogen-bond acceptors (Lipinski definition) is 6. The van der Waals surface area contributed by atoms with E-state index in [2.05, 4.69) is 38.2 Å². The van der Waals surface area contributed by atoms with Crippen LogP contribution in [-0.4, -0.2) is 37.5 Å². The highest BCUT2D eigenvalue weighted by Crippen LogP contribution is 2.49. The summed E-state index contributed by atoms with van der Waals surface area (Å²) in [4.78, 5) is 4.89.